The molecule has 1 unspecified atom stereocenters. The summed E-state index contributed by atoms with van der Waals surface area (Å²) in [4.78, 5) is 30.9. The van der Waals surface area contributed by atoms with E-state index in [9.17, 15) is 9.59 Å². The van der Waals surface area contributed by atoms with Crippen LogP contribution in [0, 0.1) is 11.8 Å². The van der Waals surface area contributed by atoms with Crippen molar-refractivity contribution >= 4 is 11.8 Å². The molecule has 0 spiro atoms. The maximum Gasteiger partial charge on any atom is 0.236 e. The third kappa shape index (κ3) is 4.67. The molecule has 2 amide bonds. The van der Waals surface area contributed by atoms with Gasteiger partial charge in [0.25, 0.3) is 0 Å². The Labute approximate surface area is 140 Å². The summed E-state index contributed by atoms with van der Waals surface area (Å²) < 4.78 is 0. The molecule has 0 aromatic heterocycles. The summed E-state index contributed by atoms with van der Waals surface area (Å²) in [5.74, 6) is 1.09. The molecule has 0 bridgehead atoms. The third-order valence-electron chi connectivity index (χ3n) is 5.28. The average Bonchev–Trinajstić information content (AvgIpc) is 2.71. The lowest BCUT2D eigenvalue weighted by Crippen LogP contribution is -2.51. The van der Waals surface area contributed by atoms with E-state index in [-0.39, 0.29) is 17.7 Å². The molecule has 6 heteroatoms. The number of hydrogen-bond donors (Lipinski definition) is 1. The summed E-state index contributed by atoms with van der Waals surface area (Å²) in [7, 11) is 0. The number of carbonyl (C=O) groups excluding carboxylic acids is 2. The zero-order valence-electron chi connectivity index (χ0n) is 14.9. The minimum Gasteiger partial charge on any atom is -0.342 e. The van der Waals surface area contributed by atoms with Gasteiger partial charge in [-0.2, -0.15) is 0 Å². The second-order valence-corrected chi connectivity index (χ2v) is 6.73. The van der Waals surface area contributed by atoms with Crippen LogP contribution in [0.25, 0.3) is 0 Å². The monoisotopic (exact) mass is 324 g/mol. The Hall–Kier alpha value is -1.14. The van der Waals surface area contributed by atoms with Crippen molar-refractivity contribution in [3.8, 4) is 0 Å². The number of likely N-dealkylation sites (N-methyl/N-ethyl adjacent to an activating group) is 1. The largest absolute Gasteiger partial charge is 0.342 e. The van der Waals surface area contributed by atoms with Crippen molar-refractivity contribution in [1.82, 2.24) is 20.0 Å². The Morgan fingerprint density at radius 3 is 2.39 bits per heavy atom. The molecular formula is C17H32N4O2. The predicted molar refractivity (Wildman–Crippen MR) is 91.1 cm³/mol. The first-order chi connectivity index (χ1) is 11.1. The van der Waals surface area contributed by atoms with Crippen LogP contribution in [0.1, 0.15) is 27.2 Å². The fourth-order valence-corrected chi connectivity index (χ4v) is 3.37. The number of carbonyl (C=O) groups is 2. The van der Waals surface area contributed by atoms with E-state index >= 15 is 0 Å². The Balaban J connectivity index is 1.82. The lowest BCUT2D eigenvalue weighted by molar-refractivity contribution is -0.137. The highest BCUT2D eigenvalue weighted by Crippen LogP contribution is 2.19. The van der Waals surface area contributed by atoms with Crippen LogP contribution in [-0.2, 0) is 9.59 Å². The molecule has 1 atom stereocenters. The van der Waals surface area contributed by atoms with E-state index in [0.29, 0.717) is 12.5 Å². The Morgan fingerprint density at radius 2 is 1.83 bits per heavy atom. The molecule has 2 rings (SSSR count). The Kier molecular flexibility index (Phi) is 6.84. The smallest absolute Gasteiger partial charge is 0.236 e. The Bertz CT molecular complexity index is 407. The molecule has 0 radical (unpaired) electrons. The first-order valence-corrected chi connectivity index (χ1v) is 9.06. The van der Waals surface area contributed by atoms with E-state index in [1.165, 1.54) is 0 Å². The second-order valence-electron chi connectivity index (χ2n) is 6.73. The van der Waals surface area contributed by atoms with Crippen molar-refractivity contribution < 1.29 is 9.59 Å². The highest BCUT2D eigenvalue weighted by molar-refractivity contribution is 5.79. The van der Waals surface area contributed by atoms with Crippen molar-refractivity contribution in [3.05, 3.63) is 0 Å². The van der Waals surface area contributed by atoms with Gasteiger partial charge in [-0.25, -0.2) is 0 Å². The lowest BCUT2D eigenvalue weighted by Gasteiger charge is -2.34. The van der Waals surface area contributed by atoms with Gasteiger partial charge in [0.2, 0.25) is 11.8 Å². The van der Waals surface area contributed by atoms with Crippen molar-refractivity contribution in [1.29, 1.82) is 0 Å². The fraction of sp³-hybridized carbons (Fsp3) is 0.882. The second kappa shape index (κ2) is 8.64. The quantitative estimate of drug-likeness (QED) is 0.761. The molecule has 2 aliphatic rings. The summed E-state index contributed by atoms with van der Waals surface area (Å²) in [6, 6.07) is 0. The minimum atomic E-state index is 0.111. The maximum atomic E-state index is 12.6. The molecule has 0 aromatic rings. The first kappa shape index (κ1) is 18.2. The van der Waals surface area contributed by atoms with Crippen LogP contribution in [0.15, 0.2) is 0 Å². The Morgan fingerprint density at radius 1 is 1.13 bits per heavy atom. The molecule has 132 valence electrons. The van der Waals surface area contributed by atoms with Crippen LogP contribution in [0.4, 0.5) is 0 Å². The van der Waals surface area contributed by atoms with Crippen LogP contribution in [0.3, 0.4) is 0 Å². The predicted octanol–water partition coefficient (Wildman–Crippen LogP) is 0.245. The number of rotatable bonds is 6. The first-order valence-electron chi connectivity index (χ1n) is 9.06. The summed E-state index contributed by atoms with van der Waals surface area (Å²) in [6.07, 6.45) is 0.951. The van der Waals surface area contributed by atoms with Gasteiger partial charge in [-0.15, -0.1) is 0 Å². The van der Waals surface area contributed by atoms with Crippen LogP contribution in [-0.4, -0.2) is 85.4 Å². The van der Waals surface area contributed by atoms with Gasteiger partial charge in [-0.3, -0.25) is 14.5 Å². The topological polar surface area (TPSA) is 55.9 Å². The van der Waals surface area contributed by atoms with Gasteiger partial charge in [0.1, 0.15) is 0 Å². The standard InChI is InChI=1S/C17H32N4O2/c1-4-20(5-2)16(22)13-19-7-6-8-21(10-9-19)17(23)14(3)15-11-18-12-15/h14-15,18H,4-13H2,1-3H3. The van der Waals surface area contributed by atoms with Gasteiger partial charge in [0, 0.05) is 45.2 Å². The zero-order chi connectivity index (χ0) is 16.8. The molecule has 0 aliphatic carbocycles. The van der Waals surface area contributed by atoms with Crippen LogP contribution < -0.4 is 5.32 Å². The van der Waals surface area contributed by atoms with Gasteiger partial charge in [0.15, 0.2) is 0 Å². The van der Waals surface area contributed by atoms with Crippen molar-refractivity contribution in [2.75, 3.05) is 58.9 Å². The summed E-state index contributed by atoms with van der Waals surface area (Å²) in [5.41, 5.74) is 0. The average molecular weight is 324 g/mol. The molecule has 2 heterocycles. The summed E-state index contributed by atoms with van der Waals surface area (Å²) in [6.45, 7) is 13.3. The molecule has 6 nitrogen and oxygen atoms in total. The number of nitrogens with one attached hydrogen (secondary N) is 1. The van der Waals surface area contributed by atoms with Gasteiger partial charge in [-0.05, 0) is 39.3 Å². The molecular weight excluding hydrogens is 292 g/mol. The van der Waals surface area contributed by atoms with Gasteiger partial charge in [0.05, 0.1) is 6.54 Å². The van der Waals surface area contributed by atoms with Crippen LogP contribution in [0.5, 0.6) is 0 Å². The highest BCUT2D eigenvalue weighted by Gasteiger charge is 2.32. The van der Waals surface area contributed by atoms with E-state index < -0.39 is 0 Å². The van der Waals surface area contributed by atoms with Crippen molar-refractivity contribution in [2.45, 2.75) is 27.2 Å². The number of nitrogens with zero attached hydrogens (tertiary/aromatic N) is 3. The molecule has 0 aromatic carbocycles. The van der Waals surface area contributed by atoms with Crippen LogP contribution >= 0.6 is 0 Å². The minimum absolute atomic E-state index is 0.111. The van der Waals surface area contributed by atoms with E-state index in [1.54, 1.807) is 0 Å². The highest BCUT2D eigenvalue weighted by atomic mass is 16.2. The molecule has 2 saturated heterocycles. The molecule has 23 heavy (non-hydrogen) atoms. The molecule has 1 N–H and O–H groups in total. The maximum absolute atomic E-state index is 12.6. The van der Waals surface area contributed by atoms with E-state index in [0.717, 1.165) is 58.8 Å². The van der Waals surface area contributed by atoms with Gasteiger partial charge in [-0.1, -0.05) is 6.92 Å². The van der Waals surface area contributed by atoms with Crippen LogP contribution in [0.2, 0.25) is 0 Å². The van der Waals surface area contributed by atoms with Crippen molar-refractivity contribution in [3.63, 3.8) is 0 Å². The molecule has 0 saturated carbocycles. The zero-order valence-corrected chi connectivity index (χ0v) is 14.9. The van der Waals surface area contributed by atoms with Gasteiger partial charge < -0.3 is 15.1 Å². The lowest BCUT2D eigenvalue weighted by atomic mass is 9.88. The number of amides is 2. The number of hydrogen-bond acceptors (Lipinski definition) is 4. The van der Waals surface area contributed by atoms with E-state index in [4.69, 9.17) is 0 Å². The van der Waals surface area contributed by atoms with E-state index in [2.05, 4.69) is 17.1 Å². The van der Waals surface area contributed by atoms with E-state index in [1.807, 2.05) is 23.6 Å². The normalized spacial score (nSPS) is 21.4. The SMILES string of the molecule is CCN(CC)C(=O)CN1CCCN(C(=O)C(C)C2CNC2)CC1. The molecule has 2 aliphatic heterocycles. The third-order valence-corrected chi connectivity index (χ3v) is 5.28. The summed E-state index contributed by atoms with van der Waals surface area (Å²) in [5, 5.41) is 3.24. The summed E-state index contributed by atoms with van der Waals surface area (Å²) >= 11 is 0. The molecule has 2 fully saturated rings. The fourth-order valence-electron chi connectivity index (χ4n) is 3.37. The van der Waals surface area contributed by atoms with Gasteiger partial charge >= 0.3 is 0 Å². The van der Waals surface area contributed by atoms with Crippen molar-refractivity contribution in [2.24, 2.45) is 11.8 Å².